The van der Waals surface area contributed by atoms with E-state index in [-0.39, 0.29) is 23.1 Å². The lowest BCUT2D eigenvalue weighted by Gasteiger charge is -2.17. The van der Waals surface area contributed by atoms with E-state index in [2.05, 4.69) is 17.3 Å². The zero-order valence-electron chi connectivity index (χ0n) is 18.3. The van der Waals surface area contributed by atoms with Gasteiger partial charge in [0.25, 0.3) is 11.5 Å². The molecule has 1 aliphatic carbocycles. The van der Waals surface area contributed by atoms with Crippen molar-refractivity contribution in [1.82, 2.24) is 19.5 Å². The van der Waals surface area contributed by atoms with E-state index in [1.54, 1.807) is 6.20 Å². The molecule has 2 aromatic heterocycles. The second-order valence-electron chi connectivity index (χ2n) is 8.58. The second-order valence-corrected chi connectivity index (χ2v) is 8.58. The molecule has 4 rings (SSSR count). The van der Waals surface area contributed by atoms with Gasteiger partial charge < -0.3 is 9.88 Å². The topological polar surface area (TPSA) is 68.4 Å². The van der Waals surface area contributed by atoms with E-state index < -0.39 is 0 Å². The fourth-order valence-electron chi connectivity index (χ4n) is 4.42. The molecule has 1 fully saturated rings. The van der Waals surface area contributed by atoms with Gasteiger partial charge in [0, 0.05) is 30.4 Å². The number of nitrogens with one attached hydrogen (secondary N) is 1. The minimum absolute atomic E-state index is 0.149. The Morgan fingerprint density at radius 1 is 1.10 bits per heavy atom. The number of hydrogen-bond donors (Lipinski definition) is 1. The lowest BCUT2D eigenvalue weighted by atomic mass is 10.1. The van der Waals surface area contributed by atoms with Crippen LogP contribution in [0.15, 0.2) is 47.4 Å². The molecule has 1 aromatic carbocycles. The molecule has 3 aromatic rings. The third-order valence-electron chi connectivity index (χ3n) is 6.20. The Balaban J connectivity index is 1.71. The van der Waals surface area contributed by atoms with Crippen LogP contribution >= 0.6 is 0 Å². The van der Waals surface area contributed by atoms with E-state index in [1.807, 2.05) is 41.0 Å². The van der Waals surface area contributed by atoms with Gasteiger partial charge in [0.2, 0.25) is 0 Å². The predicted octanol–water partition coefficient (Wildman–Crippen LogP) is 4.81. The molecule has 0 radical (unpaired) electrons. The average molecular weight is 421 g/mol. The lowest BCUT2D eigenvalue weighted by molar-refractivity contribution is 0.0930. The van der Waals surface area contributed by atoms with Crippen LogP contribution in [0, 0.1) is 0 Å². The minimum Gasteiger partial charge on any atom is -0.349 e. The number of fused-ring (bicyclic) bond motifs is 1. The molecule has 0 unspecified atom stereocenters. The first-order chi connectivity index (χ1) is 15.2. The van der Waals surface area contributed by atoms with Crippen molar-refractivity contribution in [2.75, 3.05) is 0 Å². The van der Waals surface area contributed by atoms with Crippen molar-refractivity contribution in [3.05, 3.63) is 58.5 Å². The van der Waals surface area contributed by atoms with E-state index in [0.29, 0.717) is 0 Å². The van der Waals surface area contributed by atoms with Gasteiger partial charge in [-0.2, -0.15) is 9.61 Å². The molecule has 0 atom stereocenters. The van der Waals surface area contributed by atoms with E-state index >= 15 is 0 Å². The summed E-state index contributed by atoms with van der Waals surface area (Å²) in [6.45, 7) is 2.92. The van der Waals surface area contributed by atoms with Crippen molar-refractivity contribution in [2.24, 2.45) is 0 Å². The minimum atomic E-state index is -0.352. The molecule has 1 saturated carbocycles. The van der Waals surface area contributed by atoms with Crippen molar-refractivity contribution < 1.29 is 4.79 Å². The molecular weight excluding hydrogens is 388 g/mol. The van der Waals surface area contributed by atoms with Crippen LogP contribution in [0.4, 0.5) is 0 Å². The van der Waals surface area contributed by atoms with Crippen LogP contribution in [-0.4, -0.2) is 26.1 Å². The first kappa shape index (κ1) is 21.3. The van der Waals surface area contributed by atoms with E-state index in [0.717, 1.165) is 68.4 Å². The highest BCUT2D eigenvalue weighted by Crippen LogP contribution is 2.20. The number of amides is 1. The van der Waals surface area contributed by atoms with Crippen LogP contribution in [0.25, 0.3) is 16.9 Å². The van der Waals surface area contributed by atoms with Gasteiger partial charge in [-0.3, -0.25) is 9.59 Å². The summed E-state index contributed by atoms with van der Waals surface area (Å²) in [6.07, 6.45) is 11.6. The molecule has 1 amide bonds. The van der Waals surface area contributed by atoms with Crippen LogP contribution in [0.2, 0.25) is 0 Å². The van der Waals surface area contributed by atoms with Gasteiger partial charge in [-0.15, -0.1) is 0 Å². The van der Waals surface area contributed by atoms with Crippen molar-refractivity contribution in [3.8, 4) is 11.3 Å². The summed E-state index contributed by atoms with van der Waals surface area (Å²) in [6, 6.07) is 11.9. The Morgan fingerprint density at radius 2 is 1.84 bits per heavy atom. The van der Waals surface area contributed by atoms with Gasteiger partial charge in [-0.1, -0.05) is 75.8 Å². The maximum atomic E-state index is 13.2. The summed E-state index contributed by atoms with van der Waals surface area (Å²) >= 11 is 0. The van der Waals surface area contributed by atoms with Gasteiger partial charge in [0.15, 0.2) is 0 Å². The number of hydrogen-bond acceptors (Lipinski definition) is 3. The van der Waals surface area contributed by atoms with Crippen LogP contribution < -0.4 is 10.9 Å². The number of carbonyl (C=O) groups excluding carboxylic acids is 1. The van der Waals surface area contributed by atoms with E-state index in [9.17, 15) is 9.59 Å². The maximum absolute atomic E-state index is 13.2. The number of aryl methyl sites for hydroxylation is 1. The summed E-state index contributed by atoms with van der Waals surface area (Å²) in [5, 5.41) is 7.70. The smallest absolute Gasteiger partial charge is 0.287 e. The van der Waals surface area contributed by atoms with Crippen molar-refractivity contribution in [3.63, 3.8) is 0 Å². The van der Waals surface area contributed by atoms with Crippen LogP contribution in [0.5, 0.6) is 0 Å². The molecule has 0 spiro atoms. The summed E-state index contributed by atoms with van der Waals surface area (Å²) in [5.74, 6) is -0.278. The molecule has 0 bridgehead atoms. The fraction of sp³-hybridized carbons (Fsp3) is 0.480. The molecule has 164 valence electrons. The molecule has 31 heavy (non-hydrogen) atoms. The van der Waals surface area contributed by atoms with Crippen LogP contribution in [0.3, 0.4) is 0 Å². The monoisotopic (exact) mass is 420 g/mol. The first-order valence-corrected chi connectivity index (χ1v) is 11.7. The number of nitrogens with zero attached hydrogens (tertiary/aromatic N) is 3. The SMILES string of the molecule is CCCCCn1cc(C(=O)NC2CCCCCC2)c(=O)n2nc(-c3ccccc3)cc12. The number of rotatable bonds is 7. The average Bonchev–Trinajstić information content (AvgIpc) is 3.09. The summed E-state index contributed by atoms with van der Waals surface area (Å²) in [5.41, 5.74) is 2.25. The largest absolute Gasteiger partial charge is 0.349 e. The van der Waals surface area contributed by atoms with Gasteiger partial charge in [-0.25, -0.2) is 0 Å². The zero-order chi connectivity index (χ0) is 21.6. The van der Waals surface area contributed by atoms with Gasteiger partial charge in [-0.05, 0) is 19.3 Å². The number of unbranched alkanes of at least 4 members (excludes halogenated alkanes) is 2. The van der Waals surface area contributed by atoms with Gasteiger partial charge in [0.05, 0.1) is 5.69 Å². The van der Waals surface area contributed by atoms with E-state index in [1.165, 1.54) is 17.4 Å². The third kappa shape index (κ3) is 4.89. The van der Waals surface area contributed by atoms with Gasteiger partial charge in [0.1, 0.15) is 11.2 Å². The van der Waals surface area contributed by atoms with Crippen LogP contribution in [0.1, 0.15) is 75.1 Å². The molecule has 6 heteroatoms. The second kappa shape index (κ2) is 9.94. The third-order valence-corrected chi connectivity index (χ3v) is 6.20. The Bertz CT molecular complexity index is 1080. The standard InChI is InChI=1S/C25H32N4O2/c1-2-3-11-16-28-18-21(24(30)26-20-14-9-4-5-10-15-20)25(31)29-23(28)17-22(27-29)19-12-7-6-8-13-19/h6-8,12-13,17-18,20H,2-5,9-11,14-16H2,1H3,(H,26,30). The number of carbonyl (C=O) groups is 1. The normalized spacial score (nSPS) is 15.1. The Kier molecular flexibility index (Phi) is 6.85. The fourth-order valence-corrected chi connectivity index (χ4v) is 4.42. The highest BCUT2D eigenvalue weighted by atomic mass is 16.2. The summed E-state index contributed by atoms with van der Waals surface area (Å²) < 4.78 is 3.41. The molecule has 6 nitrogen and oxygen atoms in total. The molecule has 0 saturated heterocycles. The zero-order valence-corrected chi connectivity index (χ0v) is 18.3. The summed E-state index contributed by atoms with van der Waals surface area (Å²) in [4.78, 5) is 26.3. The maximum Gasteiger partial charge on any atom is 0.287 e. The molecule has 1 N–H and O–H groups in total. The number of benzene rings is 1. The number of aromatic nitrogens is 3. The Hall–Kier alpha value is -2.89. The highest BCUT2D eigenvalue weighted by molar-refractivity contribution is 5.94. The van der Waals surface area contributed by atoms with Crippen molar-refractivity contribution in [1.29, 1.82) is 0 Å². The molecule has 0 aliphatic heterocycles. The van der Waals surface area contributed by atoms with Crippen molar-refractivity contribution >= 4 is 11.6 Å². The molecular formula is C25H32N4O2. The molecule has 2 heterocycles. The Morgan fingerprint density at radius 3 is 2.55 bits per heavy atom. The predicted molar refractivity (Wildman–Crippen MR) is 123 cm³/mol. The molecule has 1 aliphatic rings. The van der Waals surface area contributed by atoms with E-state index in [4.69, 9.17) is 0 Å². The quantitative estimate of drug-likeness (QED) is 0.441. The Labute approximate surface area is 183 Å². The first-order valence-electron chi connectivity index (χ1n) is 11.7. The van der Waals surface area contributed by atoms with Crippen LogP contribution in [-0.2, 0) is 6.54 Å². The van der Waals surface area contributed by atoms with Crippen molar-refractivity contribution in [2.45, 2.75) is 77.3 Å². The highest BCUT2D eigenvalue weighted by Gasteiger charge is 2.21. The lowest BCUT2D eigenvalue weighted by Crippen LogP contribution is -2.38. The van der Waals surface area contributed by atoms with Gasteiger partial charge >= 0.3 is 0 Å². The summed E-state index contributed by atoms with van der Waals surface area (Å²) in [7, 11) is 0.